The van der Waals surface area contributed by atoms with Crippen LogP contribution in [0.1, 0.15) is 18.4 Å². The van der Waals surface area contributed by atoms with Gasteiger partial charge in [0.1, 0.15) is 17.3 Å². The maximum absolute atomic E-state index is 6.14. The molecule has 0 radical (unpaired) electrons. The molecule has 0 aliphatic carbocycles. The van der Waals surface area contributed by atoms with Crippen molar-refractivity contribution in [3.05, 3.63) is 47.6 Å². The van der Waals surface area contributed by atoms with Gasteiger partial charge >= 0.3 is 0 Å². The molecule has 0 amide bonds. The maximum Gasteiger partial charge on any atom is 0.133 e. The molecular formula is C15H18ClN5. The molecule has 2 aromatic heterocycles. The lowest BCUT2D eigenvalue weighted by atomic mass is 10.1. The molecule has 1 saturated heterocycles. The second kappa shape index (κ2) is 6.83. The summed E-state index contributed by atoms with van der Waals surface area (Å²) in [5.41, 5.74) is 1.09. The average Bonchev–Trinajstić information content (AvgIpc) is 2.51. The average molecular weight is 304 g/mol. The smallest absolute Gasteiger partial charge is 0.133 e. The van der Waals surface area contributed by atoms with Gasteiger partial charge in [0.2, 0.25) is 0 Å². The van der Waals surface area contributed by atoms with Crippen molar-refractivity contribution < 1.29 is 0 Å². The molecule has 1 unspecified atom stereocenters. The van der Waals surface area contributed by atoms with Gasteiger partial charge in [0.25, 0.3) is 0 Å². The second-order valence-corrected chi connectivity index (χ2v) is 5.62. The van der Waals surface area contributed by atoms with Gasteiger partial charge < -0.3 is 5.32 Å². The van der Waals surface area contributed by atoms with E-state index in [0.717, 1.165) is 37.4 Å². The Kier molecular flexibility index (Phi) is 4.62. The van der Waals surface area contributed by atoms with Gasteiger partial charge in [-0.2, -0.15) is 0 Å². The molecule has 1 atom stereocenters. The molecule has 6 heteroatoms. The Balaban J connectivity index is 1.60. The van der Waals surface area contributed by atoms with Crippen LogP contribution in [0.5, 0.6) is 0 Å². The Morgan fingerprint density at radius 2 is 2.24 bits per heavy atom. The highest BCUT2D eigenvalue weighted by molar-refractivity contribution is 6.30. The summed E-state index contributed by atoms with van der Waals surface area (Å²) >= 11 is 6.14. The van der Waals surface area contributed by atoms with Crippen LogP contribution in [0.25, 0.3) is 0 Å². The van der Waals surface area contributed by atoms with Crippen molar-refractivity contribution in [3.63, 3.8) is 0 Å². The number of aromatic nitrogens is 3. The molecule has 21 heavy (non-hydrogen) atoms. The van der Waals surface area contributed by atoms with E-state index < -0.39 is 0 Å². The van der Waals surface area contributed by atoms with Gasteiger partial charge in [-0.25, -0.2) is 15.0 Å². The normalized spacial score (nSPS) is 19.4. The van der Waals surface area contributed by atoms with E-state index in [2.05, 4.69) is 25.2 Å². The number of hydrogen-bond acceptors (Lipinski definition) is 5. The molecular weight excluding hydrogens is 286 g/mol. The number of hydrogen-bond donors (Lipinski definition) is 1. The van der Waals surface area contributed by atoms with Gasteiger partial charge in [-0.3, -0.25) is 4.90 Å². The second-order valence-electron chi connectivity index (χ2n) is 5.27. The number of piperidine rings is 1. The van der Waals surface area contributed by atoms with E-state index >= 15 is 0 Å². The lowest BCUT2D eigenvalue weighted by Crippen LogP contribution is -2.41. The zero-order valence-corrected chi connectivity index (χ0v) is 12.5. The monoisotopic (exact) mass is 303 g/mol. The van der Waals surface area contributed by atoms with Crippen LogP contribution in [0.2, 0.25) is 5.15 Å². The summed E-state index contributed by atoms with van der Waals surface area (Å²) in [7, 11) is 0. The molecule has 110 valence electrons. The number of nitrogens with one attached hydrogen (secondary N) is 1. The molecule has 2 aromatic rings. The van der Waals surface area contributed by atoms with Crippen molar-refractivity contribution in [2.24, 2.45) is 0 Å². The van der Waals surface area contributed by atoms with Crippen LogP contribution < -0.4 is 5.32 Å². The Morgan fingerprint density at radius 3 is 3.05 bits per heavy atom. The zero-order valence-electron chi connectivity index (χ0n) is 11.7. The molecule has 1 aliphatic heterocycles. The van der Waals surface area contributed by atoms with Crippen LogP contribution in [-0.2, 0) is 6.54 Å². The fourth-order valence-corrected chi connectivity index (χ4v) is 2.86. The first-order chi connectivity index (χ1) is 10.3. The molecule has 0 spiro atoms. The number of anilines is 1. The Bertz CT molecular complexity index is 577. The summed E-state index contributed by atoms with van der Waals surface area (Å²) in [4.78, 5) is 14.7. The first-order valence-electron chi connectivity index (χ1n) is 7.15. The van der Waals surface area contributed by atoms with Gasteiger partial charge in [-0.1, -0.05) is 17.7 Å². The van der Waals surface area contributed by atoms with E-state index in [9.17, 15) is 0 Å². The van der Waals surface area contributed by atoms with Crippen molar-refractivity contribution in [2.75, 3.05) is 18.4 Å². The number of nitrogens with zero attached hydrogens (tertiary/aromatic N) is 4. The minimum Gasteiger partial charge on any atom is -0.366 e. The summed E-state index contributed by atoms with van der Waals surface area (Å²) in [5.74, 6) is 0.885. The molecule has 5 nitrogen and oxygen atoms in total. The standard InChI is InChI=1S/C15H18ClN5/c16-15-12(3-1-6-18-15)9-21-8-2-4-13(10-21)20-14-5-7-17-11-19-14/h1,3,5-7,11,13H,2,4,8-10H2,(H,17,19,20). The molecule has 3 rings (SSSR count). The quantitative estimate of drug-likeness (QED) is 0.880. The van der Waals surface area contributed by atoms with Crippen LogP contribution in [0.4, 0.5) is 5.82 Å². The van der Waals surface area contributed by atoms with Gasteiger partial charge in [0.05, 0.1) is 0 Å². The van der Waals surface area contributed by atoms with Gasteiger partial charge in [0.15, 0.2) is 0 Å². The Labute approximate surface area is 129 Å². The SMILES string of the molecule is Clc1ncccc1CN1CCCC(Nc2ccncn2)C1. The lowest BCUT2D eigenvalue weighted by Gasteiger charge is -2.33. The minimum absolute atomic E-state index is 0.407. The van der Waals surface area contributed by atoms with Crippen molar-refractivity contribution in [1.29, 1.82) is 0 Å². The minimum atomic E-state index is 0.407. The number of pyridine rings is 1. The van der Waals surface area contributed by atoms with Crippen molar-refractivity contribution in [3.8, 4) is 0 Å². The van der Waals surface area contributed by atoms with Crippen molar-refractivity contribution in [1.82, 2.24) is 19.9 Å². The number of rotatable bonds is 4. The third-order valence-corrected chi connectivity index (χ3v) is 4.01. The molecule has 1 fully saturated rings. The Hall–Kier alpha value is -1.72. The number of likely N-dealkylation sites (tertiary alicyclic amines) is 1. The third-order valence-electron chi connectivity index (χ3n) is 3.67. The summed E-state index contributed by atoms with van der Waals surface area (Å²) < 4.78 is 0. The fraction of sp³-hybridized carbons (Fsp3) is 0.400. The van der Waals surface area contributed by atoms with Crippen LogP contribution in [0.15, 0.2) is 36.9 Å². The third kappa shape index (κ3) is 3.89. The first-order valence-corrected chi connectivity index (χ1v) is 7.53. The Morgan fingerprint density at radius 1 is 1.29 bits per heavy atom. The maximum atomic E-state index is 6.14. The summed E-state index contributed by atoms with van der Waals surface area (Å²) in [6, 6.07) is 6.28. The van der Waals surface area contributed by atoms with E-state index in [0.29, 0.717) is 11.2 Å². The van der Waals surface area contributed by atoms with Crippen LogP contribution in [0, 0.1) is 0 Å². The van der Waals surface area contributed by atoms with E-state index in [1.165, 1.54) is 6.42 Å². The summed E-state index contributed by atoms with van der Waals surface area (Å²) in [6.45, 7) is 2.91. The highest BCUT2D eigenvalue weighted by Gasteiger charge is 2.20. The van der Waals surface area contributed by atoms with Crippen LogP contribution >= 0.6 is 11.6 Å². The fourth-order valence-electron chi connectivity index (χ4n) is 2.68. The highest BCUT2D eigenvalue weighted by atomic mass is 35.5. The van der Waals surface area contributed by atoms with Gasteiger partial charge in [-0.05, 0) is 31.5 Å². The zero-order chi connectivity index (χ0) is 14.5. The van der Waals surface area contributed by atoms with E-state index in [4.69, 9.17) is 11.6 Å². The summed E-state index contributed by atoms with van der Waals surface area (Å²) in [5, 5.41) is 4.07. The highest BCUT2D eigenvalue weighted by Crippen LogP contribution is 2.19. The van der Waals surface area contributed by atoms with E-state index in [-0.39, 0.29) is 0 Å². The molecule has 0 saturated carbocycles. The van der Waals surface area contributed by atoms with Crippen LogP contribution in [0.3, 0.4) is 0 Å². The topological polar surface area (TPSA) is 53.9 Å². The van der Waals surface area contributed by atoms with Gasteiger partial charge in [-0.15, -0.1) is 0 Å². The number of halogens is 1. The largest absolute Gasteiger partial charge is 0.366 e. The molecule has 3 heterocycles. The van der Waals surface area contributed by atoms with Gasteiger partial charge in [0, 0.05) is 37.1 Å². The molecule has 0 aromatic carbocycles. The molecule has 1 aliphatic rings. The van der Waals surface area contributed by atoms with Crippen molar-refractivity contribution >= 4 is 17.4 Å². The van der Waals surface area contributed by atoms with E-state index in [1.807, 2.05) is 18.2 Å². The van der Waals surface area contributed by atoms with E-state index in [1.54, 1.807) is 18.7 Å². The van der Waals surface area contributed by atoms with Crippen LogP contribution in [-0.4, -0.2) is 39.0 Å². The predicted molar refractivity (Wildman–Crippen MR) is 83.2 cm³/mol. The molecule has 1 N–H and O–H groups in total. The summed E-state index contributed by atoms with van der Waals surface area (Å²) in [6.07, 6.45) is 7.37. The first kappa shape index (κ1) is 14.2. The predicted octanol–water partition coefficient (Wildman–Crippen LogP) is 2.60. The van der Waals surface area contributed by atoms with Crippen molar-refractivity contribution in [2.45, 2.75) is 25.4 Å². The molecule has 0 bridgehead atoms. The lowest BCUT2D eigenvalue weighted by molar-refractivity contribution is 0.208.